The number of carbonyl (C=O) groups excluding carboxylic acids is 2. The van der Waals surface area contributed by atoms with Crippen LogP contribution in [-0.2, 0) is 11.8 Å². The maximum Gasteiger partial charge on any atom is 0.261 e. The van der Waals surface area contributed by atoms with Gasteiger partial charge >= 0.3 is 0 Å². The van der Waals surface area contributed by atoms with E-state index in [2.05, 4.69) is 16.5 Å². The summed E-state index contributed by atoms with van der Waals surface area (Å²) in [5.41, 5.74) is 0.467. The summed E-state index contributed by atoms with van der Waals surface area (Å²) >= 11 is 1.73. The lowest BCUT2D eigenvalue weighted by Crippen LogP contribution is -2.51. The number of amides is 2. The molecule has 0 N–H and O–H groups in total. The second-order valence-corrected chi connectivity index (χ2v) is 7.79. The van der Waals surface area contributed by atoms with Crippen molar-refractivity contribution in [3.8, 4) is 5.88 Å². The number of methoxy groups -OCH3 is 1. The first-order chi connectivity index (χ1) is 12.6. The van der Waals surface area contributed by atoms with Gasteiger partial charge in [-0.1, -0.05) is 6.07 Å². The lowest BCUT2D eigenvalue weighted by atomic mass is 10.2. The molecule has 2 unspecified atom stereocenters. The zero-order valence-corrected chi connectivity index (χ0v) is 15.7. The Hall–Kier alpha value is -2.35. The van der Waals surface area contributed by atoms with Gasteiger partial charge in [0.15, 0.2) is 0 Å². The fourth-order valence-electron chi connectivity index (χ4n) is 3.58. The minimum absolute atomic E-state index is 0.0927. The summed E-state index contributed by atoms with van der Waals surface area (Å²) < 4.78 is 6.75. The van der Waals surface area contributed by atoms with Crippen LogP contribution in [0, 0.1) is 5.92 Å². The number of carbonyl (C=O) groups is 2. The van der Waals surface area contributed by atoms with Crippen molar-refractivity contribution in [2.24, 2.45) is 13.0 Å². The topological polar surface area (TPSA) is 67.7 Å². The fourth-order valence-corrected chi connectivity index (χ4v) is 4.49. The predicted molar refractivity (Wildman–Crippen MR) is 97.4 cm³/mol. The molecule has 0 bridgehead atoms. The molecule has 2 atom stereocenters. The van der Waals surface area contributed by atoms with E-state index in [4.69, 9.17) is 4.74 Å². The van der Waals surface area contributed by atoms with Gasteiger partial charge in [0.1, 0.15) is 5.56 Å². The number of rotatable bonds is 4. The largest absolute Gasteiger partial charge is 0.479 e. The van der Waals surface area contributed by atoms with E-state index in [1.54, 1.807) is 34.2 Å². The van der Waals surface area contributed by atoms with Crippen molar-refractivity contribution in [1.29, 1.82) is 0 Å². The van der Waals surface area contributed by atoms with Crippen molar-refractivity contribution in [2.45, 2.75) is 12.3 Å². The van der Waals surface area contributed by atoms with E-state index >= 15 is 0 Å². The van der Waals surface area contributed by atoms with Gasteiger partial charge < -0.3 is 14.5 Å². The molecule has 1 saturated carbocycles. The summed E-state index contributed by atoms with van der Waals surface area (Å²) in [5, 5.41) is 6.20. The summed E-state index contributed by atoms with van der Waals surface area (Å²) in [6.07, 6.45) is 2.62. The second kappa shape index (κ2) is 6.75. The molecule has 2 aromatic rings. The molecule has 8 heteroatoms. The molecule has 2 amide bonds. The minimum Gasteiger partial charge on any atom is -0.479 e. The Morgan fingerprint density at radius 2 is 1.96 bits per heavy atom. The summed E-state index contributed by atoms with van der Waals surface area (Å²) in [7, 11) is 3.27. The second-order valence-electron chi connectivity index (χ2n) is 6.81. The van der Waals surface area contributed by atoms with Gasteiger partial charge in [-0.05, 0) is 17.9 Å². The number of aromatic nitrogens is 2. The fraction of sp³-hybridized carbons (Fsp3) is 0.500. The number of nitrogens with zero attached hydrogens (tertiary/aromatic N) is 4. The molecule has 1 saturated heterocycles. The van der Waals surface area contributed by atoms with Gasteiger partial charge in [-0.15, -0.1) is 16.4 Å². The Morgan fingerprint density at radius 3 is 2.62 bits per heavy atom. The van der Waals surface area contributed by atoms with E-state index in [0.29, 0.717) is 43.5 Å². The van der Waals surface area contributed by atoms with E-state index in [-0.39, 0.29) is 17.7 Å². The summed E-state index contributed by atoms with van der Waals surface area (Å²) in [6.45, 7) is 2.25. The highest BCUT2D eigenvalue weighted by Crippen LogP contribution is 2.50. The quantitative estimate of drug-likeness (QED) is 0.815. The van der Waals surface area contributed by atoms with E-state index in [0.717, 1.165) is 6.42 Å². The monoisotopic (exact) mass is 374 g/mol. The van der Waals surface area contributed by atoms with Crippen molar-refractivity contribution in [3.05, 3.63) is 34.2 Å². The van der Waals surface area contributed by atoms with Crippen LogP contribution in [0.1, 0.15) is 27.6 Å². The van der Waals surface area contributed by atoms with Crippen molar-refractivity contribution >= 4 is 23.2 Å². The molecule has 0 spiro atoms. The van der Waals surface area contributed by atoms with E-state index in [1.165, 1.54) is 12.0 Å². The zero-order chi connectivity index (χ0) is 18.3. The van der Waals surface area contributed by atoms with E-state index < -0.39 is 0 Å². The van der Waals surface area contributed by atoms with Crippen LogP contribution in [0.5, 0.6) is 5.88 Å². The Balaban J connectivity index is 1.34. The Bertz CT molecular complexity index is 809. The third-order valence-electron chi connectivity index (χ3n) is 5.11. The van der Waals surface area contributed by atoms with Crippen LogP contribution in [0.25, 0.3) is 0 Å². The molecule has 3 heterocycles. The maximum absolute atomic E-state index is 12.7. The third kappa shape index (κ3) is 3.09. The maximum atomic E-state index is 12.7. The number of aryl methyl sites for hydroxylation is 1. The van der Waals surface area contributed by atoms with Gasteiger partial charge in [-0.3, -0.25) is 14.3 Å². The van der Waals surface area contributed by atoms with Gasteiger partial charge in [0.2, 0.25) is 11.8 Å². The van der Waals surface area contributed by atoms with Crippen LogP contribution in [-0.4, -0.2) is 64.7 Å². The first-order valence-electron chi connectivity index (χ1n) is 8.77. The van der Waals surface area contributed by atoms with Crippen LogP contribution in [0.3, 0.4) is 0 Å². The molecule has 0 aromatic carbocycles. The lowest BCUT2D eigenvalue weighted by Gasteiger charge is -2.34. The molecule has 2 aromatic heterocycles. The molecule has 2 aliphatic rings. The van der Waals surface area contributed by atoms with Crippen LogP contribution in [0.4, 0.5) is 0 Å². The SMILES string of the molecule is COc1nn(C)cc1C(=O)N1CCN(C(=O)C2CC2c2cccs2)CC1. The molecule has 1 aliphatic heterocycles. The zero-order valence-electron chi connectivity index (χ0n) is 14.9. The average Bonchev–Trinajstić information content (AvgIpc) is 3.09. The Kier molecular flexibility index (Phi) is 4.44. The highest BCUT2D eigenvalue weighted by atomic mass is 32.1. The van der Waals surface area contributed by atoms with Crippen molar-refractivity contribution < 1.29 is 14.3 Å². The van der Waals surface area contributed by atoms with E-state index in [1.807, 2.05) is 11.0 Å². The molecule has 4 rings (SSSR count). The highest BCUT2D eigenvalue weighted by Gasteiger charge is 2.46. The van der Waals surface area contributed by atoms with Crippen molar-refractivity contribution in [1.82, 2.24) is 19.6 Å². The number of hydrogen-bond acceptors (Lipinski definition) is 5. The summed E-state index contributed by atoms with van der Waals surface area (Å²) in [4.78, 5) is 30.4. The van der Waals surface area contributed by atoms with Gasteiger partial charge in [0.05, 0.1) is 7.11 Å². The summed E-state index contributed by atoms with van der Waals surface area (Å²) in [5.74, 6) is 0.989. The van der Waals surface area contributed by atoms with Crippen LogP contribution in [0.2, 0.25) is 0 Å². The highest BCUT2D eigenvalue weighted by molar-refractivity contribution is 7.10. The van der Waals surface area contributed by atoms with Gasteiger partial charge in [-0.2, -0.15) is 0 Å². The molecule has 26 heavy (non-hydrogen) atoms. The van der Waals surface area contributed by atoms with Gasteiger partial charge in [0.25, 0.3) is 5.91 Å². The molecule has 138 valence electrons. The number of hydrogen-bond donors (Lipinski definition) is 0. The predicted octanol–water partition coefficient (Wildman–Crippen LogP) is 1.58. The van der Waals surface area contributed by atoms with Gasteiger partial charge in [0, 0.05) is 56.1 Å². The lowest BCUT2D eigenvalue weighted by molar-refractivity contribution is -0.134. The average molecular weight is 374 g/mol. The normalized spacial score (nSPS) is 22.4. The third-order valence-corrected chi connectivity index (χ3v) is 6.12. The molecular formula is C18H22N4O3S. The van der Waals surface area contributed by atoms with Crippen molar-refractivity contribution in [2.75, 3.05) is 33.3 Å². The number of piperazine rings is 1. The van der Waals surface area contributed by atoms with Crippen LogP contribution >= 0.6 is 11.3 Å². The Labute approximate surface area is 156 Å². The number of thiophene rings is 1. The number of ether oxygens (including phenoxy) is 1. The van der Waals surface area contributed by atoms with Gasteiger partial charge in [-0.25, -0.2) is 0 Å². The summed E-state index contributed by atoms with van der Waals surface area (Å²) in [6, 6.07) is 4.15. The first kappa shape index (κ1) is 17.1. The molecular weight excluding hydrogens is 352 g/mol. The van der Waals surface area contributed by atoms with Crippen LogP contribution in [0.15, 0.2) is 23.7 Å². The molecule has 2 fully saturated rings. The van der Waals surface area contributed by atoms with Crippen molar-refractivity contribution in [3.63, 3.8) is 0 Å². The van der Waals surface area contributed by atoms with E-state index in [9.17, 15) is 9.59 Å². The standard InChI is InChI=1S/C18H22N4O3S/c1-20-11-14(16(19-20)25-2)18(24)22-7-5-21(6-8-22)17(23)13-10-12(13)15-4-3-9-26-15/h3-4,9,11-13H,5-8,10H2,1-2H3. The molecule has 1 aliphatic carbocycles. The molecule has 7 nitrogen and oxygen atoms in total. The smallest absolute Gasteiger partial charge is 0.261 e. The van der Waals surface area contributed by atoms with Crippen LogP contribution < -0.4 is 4.74 Å². The Morgan fingerprint density at radius 1 is 1.23 bits per heavy atom. The molecule has 0 radical (unpaired) electrons. The minimum atomic E-state index is -0.0927. The first-order valence-corrected chi connectivity index (χ1v) is 9.65.